The van der Waals surface area contributed by atoms with E-state index < -0.39 is 0 Å². The Kier molecular flexibility index (Phi) is 4.82. The highest BCUT2D eigenvalue weighted by Crippen LogP contribution is 2.34. The topological polar surface area (TPSA) is 0 Å². The predicted octanol–water partition coefficient (Wildman–Crippen LogP) is 5.59. The van der Waals surface area contributed by atoms with E-state index in [-0.39, 0.29) is 11.2 Å². The van der Waals surface area contributed by atoms with Crippen molar-refractivity contribution in [3.05, 3.63) is 70.0 Å². The van der Waals surface area contributed by atoms with Gasteiger partial charge >= 0.3 is 0 Å². The predicted molar refractivity (Wildman–Crippen MR) is 84.0 cm³/mol. The number of alkyl halides is 1. The first kappa shape index (κ1) is 15.1. The molecular weight excluding hydrogens is 271 g/mol. The van der Waals surface area contributed by atoms with Gasteiger partial charge in [0, 0.05) is 0 Å². The molecule has 0 fully saturated rings. The van der Waals surface area contributed by atoms with E-state index in [0.717, 1.165) is 29.5 Å². The van der Waals surface area contributed by atoms with Gasteiger partial charge in [0.25, 0.3) is 0 Å². The molecule has 0 aliphatic carbocycles. The van der Waals surface area contributed by atoms with Crippen molar-refractivity contribution >= 4 is 11.6 Å². The maximum absolute atomic E-state index is 13.2. The van der Waals surface area contributed by atoms with Gasteiger partial charge in [-0.3, -0.25) is 0 Å². The van der Waals surface area contributed by atoms with E-state index >= 15 is 0 Å². The Hall–Kier alpha value is -1.34. The fourth-order valence-electron chi connectivity index (χ4n) is 2.51. The van der Waals surface area contributed by atoms with Crippen molar-refractivity contribution in [2.45, 2.75) is 39.0 Å². The van der Waals surface area contributed by atoms with Crippen molar-refractivity contribution in [2.24, 2.45) is 0 Å². The largest absolute Gasteiger partial charge is 0.207 e. The highest BCUT2D eigenvalue weighted by atomic mass is 35.5. The fourth-order valence-corrected chi connectivity index (χ4v) is 2.96. The molecule has 0 heterocycles. The summed E-state index contributed by atoms with van der Waals surface area (Å²) < 4.78 is 13.2. The first-order chi connectivity index (χ1) is 9.56. The zero-order valence-electron chi connectivity index (χ0n) is 12.2. The van der Waals surface area contributed by atoms with Gasteiger partial charge in [0.2, 0.25) is 0 Å². The number of benzene rings is 2. The standard InChI is InChI=1S/C18H20ClF/c1-4-13-6-7-14(5-2)17(11-13)18(19)16-9-8-15(20)10-12(16)3/h6-11,18H,4-5H2,1-3H3. The summed E-state index contributed by atoms with van der Waals surface area (Å²) >= 11 is 6.68. The van der Waals surface area contributed by atoms with E-state index in [1.54, 1.807) is 12.1 Å². The van der Waals surface area contributed by atoms with Crippen molar-refractivity contribution in [1.82, 2.24) is 0 Å². The molecule has 0 radical (unpaired) electrons. The number of halogens is 2. The van der Waals surface area contributed by atoms with E-state index in [4.69, 9.17) is 11.6 Å². The molecule has 2 heteroatoms. The summed E-state index contributed by atoms with van der Waals surface area (Å²) in [7, 11) is 0. The van der Waals surface area contributed by atoms with Gasteiger partial charge in [-0.1, -0.05) is 38.1 Å². The smallest absolute Gasteiger partial charge is 0.123 e. The van der Waals surface area contributed by atoms with Crippen LogP contribution in [0.15, 0.2) is 36.4 Å². The van der Waals surface area contributed by atoms with E-state index in [2.05, 4.69) is 32.0 Å². The van der Waals surface area contributed by atoms with Crippen LogP contribution in [0.5, 0.6) is 0 Å². The summed E-state index contributed by atoms with van der Waals surface area (Å²) in [5.41, 5.74) is 5.56. The molecule has 0 spiro atoms. The lowest BCUT2D eigenvalue weighted by Crippen LogP contribution is -2.02. The van der Waals surface area contributed by atoms with Crippen LogP contribution in [0.3, 0.4) is 0 Å². The summed E-state index contributed by atoms with van der Waals surface area (Å²) in [6.45, 7) is 6.17. The summed E-state index contributed by atoms with van der Waals surface area (Å²) in [5, 5.41) is -0.225. The van der Waals surface area contributed by atoms with E-state index in [9.17, 15) is 4.39 Å². The minimum atomic E-state index is -0.225. The fraction of sp³-hybridized carbons (Fsp3) is 0.333. The lowest BCUT2D eigenvalue weighted by molar-refractivity contribution is 0.625. The highest BCUT2D eigenvalue weighted by Gasteiger charge is 2.17. The molecule has 0 aliphatic heterocycles. The lowest BCUT2D eigenvalue weighted by Gasteiger charge is -2.18. The minimum Gasteiger partial charge on any atom is -0.207 e. The summed E-state index contributed by atoms with van der Waals surface area (Å²) in [4.78, 5) is 0. The Balaban J connectivity index is 2.48. The molecule has 0 aliphatic rings. The number of rotatable bonds is 4. The SMILES string of the molecule is CCc1ccc(CC)c(C(Cl)c2ccc(F)cc2C)c1. The van der Waals surface area contributed by atoms with Crippen LogP contribution in [0.4, 0.5) is 4.39 Å². The number of hydrogen-bond donors (Lipinski definition) is 0. The van der Waals surface area contributed by atoms with Gasteiger partial charge in [-0.2, -0.15) is 0 Å². The maximum atomic E-state index is 13.2. The van der Waals surface area contributed by atoms with Gasteiger partial charge in [-0.05, 0) is 59.7 Å². The molecule has 1 unspecified atom stereocenters. The third kappa shape index (κ3) is 3.04. The van der Waals surface area contributed by atoms with Crippen LogP contribution in [0, 0.1) is 12.7 Å². The second-order valence-electron chi connectivity index (χ2n) is 5.10. The second kappa shape index (κ2) is 6.41. The van der Waals surface area contributed by atoms with E-state index in [1.165, 1.54) is 17.2 Å². The molecule has 0 bridgehead atoms. The average Bonchev–Trinajstić information content (AvgIpc) is 2.46. The van der Waals surface area contributed by atoms with E-state index in [1.807, 2.05) is 6.92 Å². The third-order valence-corrected chi connectivity index (χ3v) is 4.25. The molecule has 20 heavy (non-hydrogen) atoms. The molecule has 2 aromatic carbocycles. The second-order valence-corrected chi connectivity index (χ2v) is 5.54. The van der Waals surface area contributed by atoms with Gasteiger partial charge in [0.15, 0.2) is 0 Å². The zero-order chi connectivity index (χ0) is 14.7. The maximum Gasteiger partial charge on any atom is 0.123 e. The Morgan fingerprint density at radius 1 is 1.00 bits per heavy atom. The summed E-state index contributed by atoms with van der Waals surface area (Å²) in [5.74, 6) is -0.215. The number of hydrogen-bond acceptors (Lipinski definition) is 0. The van der Waals surface area contributed by atoms with Crippen LogP contribution in [-0.4, -0.2) is 0 Å². The van der Waals surface area contributed by atoms with Gasteiger partial charge in [0.1, 0.15) is 5.82 Å². The van der Waals surface area contributed by atoms with Gasteiger partial charge in [0.05, 0.1) is 5.38 Å². The number of aryl methyl sites for hydroxylation is 3. The lowest BCUT2D eigenvalue weighted by atomic mass is 9.93. The Bertz CT molecular complexity index is 604. The monoisotopic (exact) mass is 290 g/mol. The van der Waals surface area contributed by atoms with Crippen LogP contribution < -0.4 is 0 Å². The molecule has 0 saturated carbocycles. The summed E-state index contributed by atoms with van der Waals surface area (Å²) in [6, 6.07) is 11.3. The normalized spacial score (nSPS) is 12.4. The molecule has 2 rings (SSSR count). The van der Waals surface area contributed by atoms with Crippen molar-refractivity contribution in [3.63, 3.8) is 0 Å². The van der Waals surface area contributed by atoms with Crippen molar-refractivity contribution < 1.29 is 4.39 Å². The van der Waals surface area contributed by atoms with Crippen molar-refractivity contribution in [1.29, 1.82) is 0 Å². The van der Waals surface area contributed by atoms with Gasteiger partial charge < -0.3 is 0 Å². The molecule has 1 atom stereocenters. The summed E-state index contributed by atoms with van der Waals surface area (Å²) in [6.07, 6.45) is 1.94. The molecule has 0 saturated heterocycles. The molecule has 0 aromatic heterocycles. The van der Waals surface area contributed by atoms with Crippen LogP contribution >= 0.6 is 11.6 Å². The van der Waals surface area contributed by atoms with Crippen LogP contribution in [-0.2, 0) is 12.8 Å². The van der Waals surface area contributed by atoms with E-state index in [0.29, 0.717) is 0 Å². The van der Waals surface area contributed by atoms with Crippen LogP contribution in [0.2, 0.25) is 0 Å². The molecular formula is C18H20ClF. The highest BCUT2D eigenvalue weighted by molar-refractivity contribution is 6.22. The molecule has 2 aromatic rings. The average molecular weight is 291 g/mol. The molecule has 0 nitrogen and oxygen atoms in total. The van der Waals surface area contributed by atoms with Crippen molar-refractivity contribution in [3.8, 4) is 0 Å². The Labute approximate surface area is 125 Å². The molecule has 0 amide bonds. The first-order valence-electron chi connectivity index (χ1n) is 7.08. The van der Waals surface area contributed by atoms with Crippen LogP contribution in [0.1, 0.15) is 47.0 Å². The van der Waals surface area contributed by atoms with Gasteiger partial charge in [-0.15, -0.1) is 11.6 Å². The van der Waals surface area contributed by atoms with Crippen molar-refractivity contribution in [2.75, 3.05) is 0 Å². The molecule has 0 N–H and O–H groups in total. The minimum absolute atomic E-state index is 0.215. The first-order valence-corrected chi connectivity index (χ1v) is 7.52. The third-order valence-electron chi connectivity index (χ3n) is 3.78. The zero-order valence-corrected chi connectivity index (χ0v) is 13.0. The quantitative estimate of drug-likeness (QED) is 0.644. The van der Waals surface area contributed by atoms with Crippen LogP contribution in [0.25, 0.3) is 0 Å². The Morgan fingerprint density at radius 2 is 1.75 bits per heavy atom. The molecule has 106 valence electrons. The Morgan fingerprint density at radius 3 is 2.35 bits per heavy atom. The van der Waals surface area contributed by atoms with Gasteiger partial charge in [-0.25, -0.2) is 4.39 Å².